The van der Waals surface area contributed by atoms with Crippen molar-refractivity contribution in [2.75, 3.05) is 0 Å². The summed E-state index contributed by atoms with van der Waals surface area (Å²) in [5, 5.41) is 1.78. The van der Waals surface area contributed by atoms with Gasteiger partial charge >= 0.3 is 0 Å². The van der Waals surface area contributed by atoms with Gasteiger partial charge < -0.3 is 0 Å². The van der Waals surface area contributed by atoms with Gasteiger partial charge in [-0.2, -0.15) is 0 Å². The zero-order valence-electron chi connectivity index (χ0n) is 7.61. The van der Waals surface area contributed by atoms with E-state index in [4.69, 9.17) is 11.6 Å². The van der Waals surface area contributed by atoms with Crippen molar-refractivity contribution in [2.45, 2.75) is 26.2 Å². The van der Waals surface area contributed by atoms with Crippen LogP contribution >= 0.6 is 11.6 Å². The van der Waals surface area contributed by atoms with Crippen LogP contribution in [0, 0.1) is 0 Å². The lowest BCUT2D eigenvalue weighted by atomic mass is 9.87. The maximum Gasteiger partial charge on any atom is 0.0733 e. The molecule has 63 valence electrons. The van der Waals surface area contributed by atoms with Gasteiger partial charge in [0.2, 0.25) is 0 Å². The minimum Gasteiger partial charge on any atom is -0.0842 e. The highest BCUT2D eigenvalue weighted by molar-refractivity contribution is 6.45. The Hall–Kier alpha value is -0.273. The summed E-state index contributed by atoms with van der Waals surface area (Å²) in [6.45, 7) is 6.46. The first-order valence-corrected chi connectivity index (χ1v) is 4.81. The summed E-state index contributed by atoms with van der Waals surface area (Å²) in [5.74, 6) is 0. The first kappa shape index (κ1) is 9.81. The molecule has 0 unspecified atom stereocenters. The molecule has 0 saturated carbocycles. The molecule has 1 rings (SSSR count). The Morgan fingerprint density at radius 2 is 1.83 bits per heavy atom. The first-order chi connectivity index (χ1) is 5.43. The molecule has 0 saturated heterocycles. The van der Waals surface area contributed by atoms with E-state index in [1.165, 1.54) is 5.56 Å². The topological polar surface area (TPSA) is 0 Å². The van der Waals surface area contributed by atoms with Crippen molar-refractivity contribution < 1.29 is 0 Å². The summed E-state index contributed by atoms with van der Waals surface area (Å²) in [6, 6.07) is 6.02. The number of rotatable bonds is 0. The third kappa shape index (κ3) is 1.90. The van der Waals surface area contributed by atoms with Crippen molar-refractivity contribution in [2.24, 2.45) is 0 Å². The largest absolute Gasteiger partial charge is 0.0842 e. The summed E-state index contributed by atoms with van der Waals surface area (Å²) in [4.78, 5) is 0. The fourth-order valence-corrected chi connectivity index (χ4v) is 1.75. The summed E-state index contributed by atoms with van der Waals surface area (Å²) in [6.07, 6.45) is 0. The Morgan fingerprint density at radius 3 is 2.25 bits per heavy atom. The Labute approximate surface area is 82.4 Å². The number of hydrogen-bond acceptors (Lipinski definition) is 0. The van der Waals surface area contributed by atoms with Gasteiger partial charge in [-0.15, -0.1) is 0 Å². The van der Waals surface area contributed by atoms with Crippen LogP contribution in [0.4, 0.5) is 0 Å². The third-order valence-corrected chi connectivity index (χ3v) is 2.79. The standard InChI is InChI=1S/C10H12ClSi/c1-10(2,3)7-5-4-6-8(12)9(7)11/h4-6H,1-3H3. The lowest BCUT2D eigenvalue weighted by molar-refractivity contribution is 0.591. The van der Waals surface area contributed by atoms with Crippen molar-refractivity contribution in [1.29, 1.82) is 0 Å². The van der Waals surface area contributed by atoms with Crippen LogP contribution in [0.1, 0.15) is 26.3 Å². The number of benzene rings is 1. The molecule has 2 heteroatoms. The van der Waals surface area contributed by atoms with Gasteiger partial charge in [-0.3, -0.25) is 0 Å². The minimum atomic E-state index is 0.111. The van der Waals surface area contributed by atoms with E-state index in [1.54, 1.807) is 0 Å². The molecule has 1 aromatic rings. The normalized spacial score (nSPS) is 11.8. The molecule has 0 spiro atoms. The molecule has 0 N–H and O–H groups in total. The molecule has 0 bridgehead atoms. The van der Waals surface area contributed by atoms with E-state index in [0.717, 1.165) is 10.2 Å². The van der Waals surface area contributed by atoms with Crippen LogP contribution < -0.4 is 5.19 Å². The molecule has 0 aliphatic rings. The first-order valence-electron chi connectivity index (χ1n) is 3.93. The molecular weight excluding hydrogens is 184 g/mol. The molecule has 12 heavy (non-hydrogen) atoms. The predicted octanol–water partition coefficient (Wildman–Crippen LogP) is 2.43. The average Bonchev–Trinajstić information content (AvgIpc) is 1.92. The molecule has 0 atom stereocenters. The van der Waals surface area contributed by atoms with Gasteiger partial charge in [-0.05, 0) is 16.2 Å². The summed E-state index contributed by atoms with van der Waals surface area (Å²) in [7, 11) is 3.46. The van der Waals surface area contributed by atoms with Crippen LogP contribution in [0.3, 0.4) is 0 Å². The molecular formula is C10H12ClSi. The summed E-state index contributed by atoms with van der Waals surface area (Å²) < 4.78 is 0. The van der Waals surface area contributed by atoms with Gasteiger partial charge in [0.05, 0.1) is 10.2 Å². The lowest BCUT2D eigenvalue weighted by Gasteiger charge is -2.21. The second-order valence-electron chi connectivity index (χ2n) is 3.92. The van der Waals surface area contributed by atoms with Crippen LogP contribution in [-0.4, -0.2) is 10.2 Å². The van der Waals surface area contributed by atoms with E-state index in [1.807, 2.05) is 12.1 Å². The van der Waals surface area contributed by atoms with E-state index < -0.39 is 0 Å². The smallest absolute Gasteiger partial charge is 0.0733 e. The number of halogens is 1. The molecule has 0 aromatic heterocycles. The SMILES string of the molecule is CC(C)(C)c1cccc([Si])c1Cl. The van der Waals surface area contributed by atoms with Crippen molar-refractivity contribution >= 4 is 27.0 Å². The zero-order chi connectivity index (χ0) is 9.35. The fraction of sp³-hybridized carbons (Fsp3) is 0.400. The highest BCUT2D eigenvalue weighted by Crippen LogP contribution is 2.27. The fourth-order valence-electron chi connectivity index (χ4n) is 1.11. The summed E-state index contributed by atoms with van der Waals surface area (Å²) in [5.41, 5.74) is 1.29. The molecule has 0 nitrogen and oxygen atoms in total. The third-order valence-electron chi connectivity index (χ3n) is 1.81. The molecule has 0 amide bonds. The number of hydrogen-bond donors (Lipinski definition) is 0. The maximum absolute atomic E-state index is 6.13. The lowest BCUT2D eigenvalue weighted by Crippen LogP contribution is -2.16. The van der Waals surface area contributed by atoms with E-state index in [2.05, 4.69) is 37.1 Å². The highest BCUT2D eigenvalue weighted by Gasteiger charge is 2.17. The van der Waals surface area contributed by atoms with E-state index in [0.29, 0.717) is 0 Å². The van der Waals surface area contributed by atoms with Gasteiger partial charge in [0.1, 0.15) is 0 Å². The van der Waals surface area contributed by atoms with Crippen molar-refractivity contribution in [1.82, 2.24) is 0 Å². The predicted molar refractivity (Wildman–Crippen MR) is 55.5 cm³/mol. The molecule has 1 aromatic carbocycles. The van der Waals surface area contributed by atoms with Crippen molar-refractivity contribution in [3.63, 3.8) is 0 Å². The molecule has 0 fully saturated rings. The zero-order valence-corrected chi connectivity index (χ0v) is 9.37. The Bertz CT molecular complexity index is 286. The quantitative estimate of drug-likeness (QED) is 0.558. The van der Waals surface area contributed by atoms with E-state index in [-0.39, 0.29) is 5.41 Å². The van der Waals surface area contributed by atoms with Crippen LogP contribution in [0.15, 0.2) is 18.2 Å². The van der Waals surface area contributed by atoms with Gasteiger partial charge in [-0.1, -0.05) is 50.6 Å². The van der Waals surface area contributed by atoms with Gasteiger partial charge in [0.15, 0.2) is 0 Å². The molecule has 0 aliphatic carbocycles. The summed E-state index contributed by atoms with van der Waals surface area (Å²) >= 11 is 6.13. The van der Waals surface area contributed by atoms with Crippen molar-refractivity contribution in [3.05, 3.63) is 28.8 Å². The molecule has 0 aliphatic heterocycles. The van der Waals surface area contributed by atoms with Gasteiger partial charge in [0, 0.05) is 5.02 Å². The average molecular weight is 196 g/mol. The Balaban J connectivity index is 3.26. The van der Waals surface area contributed by atoms with Crippen LogP contribution in [-0.2, 0) is 5.41 Å². The maximum atomic E-state index is 6.13. The van der Waals surface area contributed by atoms with Crippen LogP contribution in [0.25, 0.3) is 0 Å². The highest BCUT2D eigenvalue weighted by atomic mass is 35.5. The monoisotopic (exact) mass is 195 g/mol. The van der Waals surface area contributed by atoms with E-state index >= 15 is 0 Å². The van der Waals surface area contributed by atoms with Crippen LogP contribution in [0.5, 0.6) is 0 Å². The second-order valence-corrected chi connectivity index (χ2v) is 4.83. The molecule has 3 radical (unpaired) electrons. The van der Waals surface area contributed by atoms with E-state index in [9.17, 15) is 0 Å². The van der Waals surface area contributed by atoms with Crippen molar-refractivity contribution in [3.8, 4) is 0 Å². The van der Waals surface area contributed by atoms with Gasteiger partial charge in [-0.25, -0.2) is 0 Å². The Morgan fingerprint density at radius 1 is 1.25 bits per heavy atom. The van der Waals surface area contributed by atoms with Gasteiger partial charge in [0.25, 0.3) is 0 Å². The minimum absolute atomic E-state index is 0.111. The Kier molecular flexibility index (Phi) is 2.64. The second kappa shape index (κ2) is 3.23. The molecule has 0 heterocycles. The van der Waals surface area contributed by atoms with Crippen LogP contribution in [0.2, 0.25) is 5.02 Å².